The first-order chi connectivity index (χ1) is 7.51. The molecule has 0 aromatic rings. The van der Waals surface area contributed by atoms with E-state index in [0.29, 0.717) is 5.41 Å². The third-order valence-corrected chi connectivity index (χ3v) is 3.61. The van der Waals surface area contributed by atoms with Crippen molar-refractivity contribution in [1.29, 1.82) is 0 Å². The number of rotatable bonds is 5. The molecular formula is C15H30N. The van der Waals surface area contributed by atoms with Gasteiger partial charge in [-0.15, -0.1) is 0 Å². The van der Waals surface area contributed by atoms with Crippen LogP contribution in [0, 0.1) is 17.3 Å². The molecule has 0 amide bonds. The van der Waals surface area contributed by atoms with E-state index in [9.17, 15) is 0 Å². The van der Waals surface area contributed by atoms with Crippen LogP contribution >= 0.6 is 0 Å². The number of nitrogens with two attached hydrogens (primary N) is 1. The second kappa shape index (κ2) is 6.64. The predicted molar refractivity (Wildman–Crippen MR) is 72.2 cm³/mol. The molecule has 1 radical (unpaired) electrons. The Hall–Kier alpha value is -0.0400. The first kappa shape index (κ1) is 14.0. The molecule has 1 fully saturated rings. The van der Waals surface area contributed by atoms with E-state index in [2.05, 4.69) is 20.8 Å². The SMILES string of the molecule is CC(C)(C)CC(CCN)C[C]1CCCCC1. The first-order valence-corrected chi connectivity index (χ1v) is 7.05. The Balaban J connectivity index is 2.36. The van der Waals surface area contributed by atoms with Crippen LogP contribution in [0.15, 0.2) is 0 Å². The summed E-state index contributed by atoms with van der Waals surface area (Å²) < 4.78 is 0. The van der Waals surface area contributed by atoms with E-state index in [4.69, 9.17) is 5.73 Å². The highest BCUT2D eigenvalue weighted by Gasteiger charge is 2.23. The molecule has 1 nitrogen and oxygen atoms in total. The first-order valence-electron chi connectivity index (χ1n) is 7.05. The summed E-state index contributed by atoms with van der Waals surface area (Å²) in [5.74, 6) is 2.66. The average Bonchev–Trinajstić information content (AvgIpc) is 2.17. The van der Waals surface area contributed by atoms with E-state index < -0.39 is 0 Å². The highest BCUT2D eigenvalue weighted by Crippen LogP contribution is 2.36. The maximum atomic E-state index is 5.74. The van der Waals surface area contributed by atoms with Gasteiger partial charge in [-0.25, -0.2) is 0 Å². The molecule has 1 unspecified atom stereocenters. The Morgan fingerprint density at radius 1 is 1.12 bits per heavy atom. The molecule has 0 heterocycles. The lowest BCUT2D eigenvalue weighted by Gasteiger charge is -2.30. The molecule has 0 bridgehead atoms. The van der Waals surface area contributed by atoms with Gasteiger partial charge in [-0.1, -0.05) is 40.0 Å². The quantitative estimate of drug-likeness (QED) is 0.739. The summed E-state index contributed by atoms with van der Waals surface area (Å²) in [7, 11) is 0. The largest absolute Gasteiger partial charge is 0.330 e. The lowest BCUT2D eigenvalue weighted by Crippen LogP contribution is -2.19. The van der Waals surface area contributed by atoms with E-state index in [-0.39, 0.29) is 0 Å². The van der Waals surface area contributed by atoms with Crippen molar-refractivity contribution in [2.24, 2.45) is 17.1 Å². The van der Waals surface area contributed by atoms with E-state index in [1.807, 2.05) is 5.92 Å². The molecule has 2 N–H and O–H groups in total. The molecular weight excluding hydrogens is 194 g/mol. The summed E-state index contributed by atoms with van der Waals surface area (Å²) in [4.78, 5) is 0. The van der Waals surface area contributed by atoms with Crippen molar-refractivity contribution < 1.29 is 0 Å². The fourth-order valence-corrected chi connectivity index (χ4v) is 3.04. The summed E-state index contributed by atoms with van der Waals surface area (Å²) >= 11 is 0. The van der Waals surface area contributed by atoms with Crippen molar-refractivity contribution in [1.82, 2.24) is 0 Å². The molecule has 0 aliphatic heterocycles. The van der Waals surface area contributed by atoms with E-state index in [1.165, 1.54) is 51.4 Å². The van der Waals surface area contributed by atoms with Crippen molar-refractivity contribution in [3.63, 3.8) is 0 Å². The van der Waals surface area contributed by atoms with Crippen LogP contribution in [0.4, 0.5) is 0 Å². The molecule has 1 aliphatic carbocycles. The van der Waals surface area contributed by atoms with Crippen LogP contribution in [0.2, 0.25) is 0 Å². The van der Waals surface area contributed by atoms with Crippen LogP contribution in [0.3, 0.4) is 0 Å². The van der Waals surface area contributed by atoms with Crippen LogP contribution in [0.5, 0.6) is 0 Å². The standard InChI is InChI=1S/C15H30N/c1-15(2,3)12-14(9-10-16)11-13-7-5-4-6-8-13/h14H,4-12,16H2,1-3H3. The molecule has 1 heteroatoms. The highest BCUT2D eigenvalue weighted by atomic mass is 14.5. The molecule has 0 saturated heterocycles. The molecule has 16 heavy (non-hydrogen) atoms. The van der Waals surface area contributed by atoms with E-state index in [0.717, 1.165) is 12.5 Å². The molecule has 1 atom stereocenters. The maximum Gasteiger partial charge on any atom is -0.00746 e. The minimum Gasteiger partial charge on any atom is -0.330 e. The Labute approximate surface area is 102 Å². The lowest BCUT2D eigenvalue weighted by molar-refractivity contribution is 0.268. The van der Waals surface area contributed by atoms with Gasteiger partial charge < -0.3 is 5.73 Å². The molecule has 1 aliphatic rings. The average molecular weight is 224 g/mol. The van der Waals surface area contributed by atoms with E-state index in [1.54, 1.807) is 0 Å². The zero-order chi connectivity index (χ0) is 12.0. The fraction of sp³-hybridized carbons (Fsp3) is 0.933. The topological polar surface area (TPSA) is 26.0 Å². The number of hydrogen-bond donors (Lipinski definition) is 1. The predicted octanol–water partition coefficient (Wildman–Crippen LogP) is 4.32. The Morgan fingerprint density at radius 3 is 2.25 bits per heavy atom. The number of hydrogen-bond acceptors (Lipinski definition) is 1. The second-order valence-electron chi connectivity index (χ2n) is 6.72. The molecule has 1 saturated carbocycles. The summed E-state index contributed by atoms with van der Waals surface area (Å²) in [6.07, 6.45) is 11.0. The minimum atomic E-state index is 0.453. The molecule has 95 valence electrons. The summed E-state index contributed by atoms with van der Waals surface area (Å²) in [5.41, 5.74) is 6.20. The van der Waals surface area contributed by atoms with Gasteiger partial charge in [-0.2, -0.15) is 0 Å². The van der Waals surface area contributed by atoms with Crippen LogP contribution < -0.4 is 5.73 Å². The molecule has 1 rings (SSSR count). The van der Waals surface area contributed by atoms with Gasteiger partial charge in [0.25, 0.3) is 0 Å². The molecule has 0 aromatic carbocycles. The van der Waals surface area contributed by atoms with Gasteiger partial charge in [0.2, 0.25) is 0 Å². The second-order valence-corrected chi connectivity index (χ2v) is 6.72. The van der Waals surface area contributed by atoms with Crippen molar-refractivity contribution in [2.45, 2.75) is 72.1 Å². The van der Waals surface area contributed by atoms with Crippen LogP contribution in [-0.4, -0.2) is 6.54 Å². The zero-order valence-corrected chi connectivity index (χ0v) is 11.5. The van der Waals surface area contributed by atoms with Gasteiger partial charge in [0, 0.05) is 0 Å². The zero-order valence-electron chi connectivity index (χ0n) is 11.5. The maximum absolute atomic E-state index is 5.74. The third kappa shape index (κ3) is 5.89. The van der Waals surface area contributed by atoms with Gasteiger partial charge >= 0.3 is 0 Å². The summed E-state index contributed by atoms with van der Waals surface area (Å²) in [5, 5.41) is 0. The van der Waals surface area contributed by atoms with Crippen molar-refractivity contribution in [3.05, 3.63) is 5.92 Å². The van der Waals surface area contributed by atoms with Crippen LogP contribution in [0.1, 0.15) is 72.1 Å². The van der Waals surface area contributed by atoms with Crippen molar-refractivity contribution >= 4 is 0 Å². The lowest BCUT2D eigenvalue weighted by atomic mass is 9.76. The molecule has 0 spiro atoms. The smallest absolute Gasteiger partial charge is 0.00746 e. The van der Waals surface area contributed by atoms with Gasteiger partial charge in [0.15, 0.2) is 0 Å². The highest BCUT2D eigenvalue weighted by molar-refractivity contribution is 4.94. The molecule has 0 aromatic heterocycles. The van der Waals surface area contributed by atoms with Crippen molar-refractivity contribution in [3.8, 4) is 0 Å². The Morgan fingerprint density at radius 2 is 1.75 bits per heavy atom. The van der Waals surface area contributed by atoms with Crippen LogP contribution in [0.25, 0.3) is 0 Å². The summed E-state index contributed by atoms with van der Waals surface area (Å²) in [6, 6.07) is 0. The fourth-order valence-electron chi connectivity index (χ4n) is 3.04. The Kier molecular flexibility index (Phi) is 5.82. The Bertz CT molecular complexity index is 174. The van der Waals surface area contributed by atoms with Crippen LogP contribution in [-0.2, 0) is 0 Å². The van der Waals surface area contributed by atoms with Gasteiger partial charge in [-0.3, -0.25) is 0 Å². The normalized spacial score (nSPS) is 21.0. The third-order valence-electron chi connectivity index (χ3n) is 3.61. The van der Waals surface area contributed by atoms with E-state index >= 15 is 0 Å². The van der Waals surface area contributed by atoms with Crippen molar-refractivity contribution in [2.75, 3.05) is 6.54 Å². The summed E-state index contributed by atoms with van der Waals surface area (Å²) in [6.45, 7) is 7.90. The van der Waals surface area contributed by atoms with Gasteiger partial charge in [0.05, 0.1) is 0 Å². The monoisotopic (exact) mass is 224 g/mol. The van der Waals surface area contributed by atoms with Gasteiger partial charge in [0.1, 0.15) is 0 Å². The van der Waals surface area contributed by atoms with Gasteiger partial charge in [-0.05, 0) is 55.9 Å². The minimum absolute atomic E-state index is 0.453.